The number of halogens is 2. The number of hydrogen-bond acceptors (Lipinski definition) is 4. The first-order valence-electron chi connectivity index (χ1n) is 14.4. The van der Waals surface area contributed by atoms with Crippen LogP contribution in [0, 0.1) is 11.8 Å². The topological polar surface area (TPSA) is 78.0 Å². The molecule has 42 heavy (non-hydrogen) atoms. The molecule has 0 aromatic heterocycles. The number of urea groups is 1. The molecule has 0 N–H and O–H groups in total. The molecule has 9 heteroatoms. The third-order valence-electron chi connectivity index (χ3n) is 9.45. The summed E-state index contributed by atoms with van der Waals surface area (Å²) < 4.78 is 0. The highest BCUT2D eigenvalue weighted by Gasteiger charge is 2.77. The molecule has 214 valence electrons. The van der Waals surface area contributed by atoms with E-state index < -0.39 is 35.4 Å². The van der Waals surface area contributed by atoms with Crippen LogP contribution in [0.3, 0.4) is 0 Å². The highest BCUT2D eigenvalue weighted by molar-refractivity contribution is 6.32. The van der Waals surface area contributed by atoms with Crippen LogP contribution in [0.1, 0.15) is 49.3 Å². The molecule has 0 radical (unpaired) electrons. The van der Waals surface area contributed by atoms with E-state index in [0.717, 1.165) is 42.6 Å². The molecular formula is C33H29Cl2N3O4. The van der Waals surface area contributed by atoms with Gasteiger partial charge in [0.2, 0.25) is 11.8 Å². The minimum Gasteiger partial charge on any atom is -0.300 e. The maximum atomic E-state index is 14.9. The van der Waals surface area contributed by atoms with E-state index in [9.17, 15) is 19.2 Å². The number of fused-ring (bicyclic) bond motifs is 3. The van der Waals surface area contributed by atoms with E-state index in [2.05, 4.69) is 0 Å². The molecule has 3 aromatic carbocycles. The first kappa shape index (κ1) is 27.2. The van der Waals surface area contributed by atoms with E-state index in [4.69, 9.17) is 23.2 Å². The minimum atomic E-state index is -1.61. The lowest BCUT2D eigenvalue weighted by atomic mass is 9.75. The molecule has 4 aliphatic rings. The molecule has 4 atom stereocenters. The number of likely N-dealkylation sites (tertiary alicyclic amines) is 1. The highest BCUT2D eigenvalue weighted by Crippen LogP contribution is 2.60. The average molecular weight is 603 g/mol. The van der Waals surface area contributed by atoms with Gasteiger partial charge in [0.25, 0.3) is 5.91 Å². The Labute approximate surface area is 254 Å². The van der Waals surface area contributed by atoms with Gasteiger partial charge in [0, 0.05) is 22.5 Å². The Balaban J connectivity index is 1.45. The molecule has 1 aliphatic carbocycles. The molecule has 7 nitrogen and oxygen atoms in total. The van der Waals surface area contributed by atoms with Gasteiger partial charge in [-0.3, -0.25) is 19.3 Å². The van der Waals surface area contributed by atoms with Gasteiger partial charge in [0.15, 0.2) is 0 Å². The summed E-state index contributed by atoms with van der Waals surface area (Å²) >= 11 is 12.5. The average Bonchev–Trinajstić information content (AvgIpc) is 3.52. The van der Waals surface area contributed by atoms with E-state index in [1.54, 1.807) is 48.5 Å². The smallest absolute Gasteiger partial charge is 0.300 e. The summed E-state index contributed by atoms with van der Waals surface area (Å²) in [6, 6.07) is 21.3. The van der Waals surface area contributed by atoms with Crippen molar-refractivity contribution >= 4 is 52.6 Å². The molecule has 1 saturated carbocycles. The van der Waals surface area contributed by atoms with Crippen molar-refractivity contribution in [2.24, 2.45) is 11.8 Å². The maximum Gasteiger partial charge on any atom is 0.332 e. The molecule has 7 rings (SSSR count). The zero-order valence-corrected chi connectivity index (χ0v) is 24.3. The molecule has 4 fully saturated rings. The van der Waals surface area contributed by atoms with Crippen LogP contribution >= 0.6 is 23.2 Å². The summed E-state index contributed by atoms with van der Waals surface area (Å²) in [4.78, 5) is 62.4. The number of imide groups is 2. The van der Waals surface area contributed by atoms with Crippen molar-refractivity contribution in [2.75, 3.05) is 4.90 Å². The zero-order chi connectivity index (χ0) is 29.2. The number of amides is 5. The van der Waals surface area contributed by atoms with Crippen molar-refractivity contribution in [1.29, 1.82) is 0 Å². The molecule has 3 saturated heterocycles. The van der Waals surface area contributed by atoms with Crippen LogP contribution in [-0.4, -0.2) is 45.1 Å². The van der Waals surface area contributed by atoms with Crippen LogP contribution in [0.25, 0.3) is 0 Å². The van der Waals surface area contributed by atoms with Crippen LogP contribution < -0.4 is 4.90 Å². The fourth-order valence-corrected chi connectivity index (χ4v) is 8.05. The molecule has 0 unspecified atom stereocenters. The van der Waals surface area contributed by atoms with E-state index in [1.165, 1.54) is 9.80 Å². The van der Waals surface area contributed by atoms with E-state index >= 15 is 0 Å². The second kappa shape index (κ2) is 10.2. The lowest BCUT2D eigenvalue weighted by molar-refractivity contribution is -0.147. The summed E-state index contributed by atoms with van der Waals surface area (Å²) in [6.45, 7) is 0. The van der Waals surface area contributed by atoms with Gasteiger partial charge in [0.05, 0.1) is 23.6 Å². The lowest BCUT2D eigenvalue weighted by Gasteiger charge is -2.37. The maximum absolute atomic E-state index is 14.9. The Bertz CT molecular complexity index is 1590. The summed E-state index contributed by atoms with van der Waals surface area (Å²) in [7, 11) is 0. The van der Waals surface area contributed by atoms with Gasteiger partial charge in [-0.05, 0) is 54.3 Å². The molecular weight excluding hydrogens is 573 g/mol. The van der Waals surface area contributed by atoms with Gasteiger partial charge < -0.3 is 4.90 Å². The number of carbonyl (C=O) groups is 4. The zero-order valence-electron chi connectivity index (χ0n) is 22.8. The third-order valence-corrected chi connectivity index (χ3v) is 9.94. The van der Waals surface area contributed by atoms with Crippen LogP contribution in [0.5, 0.6) is 0 Å². The Kier molecular flexibility index (Phi) is 6.63. The van der Waals surface area contributed by atoms with Crippen molar-refractivity contribution in [1.82, 2.24) is 9.80 Å². The number of hydrogen-bond donors (Lipinski definition) is 0. The summed E-state index contributed by atoms with van der Waals surface area (Å²) in [6.07, 6.45) is 4.55. The molecule has 0 bridgehead atoms. The molecule has 5 amide bonds. The summed E-state index contributed by atoms with van der Waals surface area (Å²) in [5.41, 5.74) is 0.173. The fourth-order valence-electron chi connectivity index (χ4n) is 7.74. The SMILES string of the molecule is O=C1[C@H]2[C@@H](c3ccc(Cl)cc3)N3C(=O)N(c4cccc(Cl)c4)C(=O)[C@@]3(Cc3ccccc3)[C@H]2C(=O)N1C1CCCCC1. The van der Waals surface area contributed by atoms with E-state index in [0.29, 0.717) is 21.3 Å². The highest BCUT2D eigenvalue weighted by atomic mass is 35.5. The van der Waals surface area contributed by atoms with E-state index in [-0.39, 0.29) is 24.3 Å². The Morgan fingerprint density at radius 1 is 0.762 bits per heavy atom. The number of carbonyl (C=O) groups excluding carboxylic acids is 4. The predicted molar refractivity (Wildman–Crippen MR) is 159 cm³/mol. The predicted octanol–water partition coefficient (Wildman–Crippen LogP) is 6.43. The largest absolute Gasteiger partial charge is 0.332 e. The summed E-state index contributed by atoms with van der Waals surface area (Å²) in [5.74, 6) is -3.10. The van der Waals surface area contributed by atoms with Crippen molar-refractivity contribution in [3.05, 3.63) is 100 Å². The fraction of sp³-hybridized carbons (Fsp3) is 0.333. The number of rotatable bonds is 5. The standard InChI is InChI=1S/C33H29Cl2N3O4/c34-22-16-14-21(15-17-22)28-26-27(30(40)36(29(26)39)24-11-5-2-6-12-24)33(19-20-8-3-1-4-9-20)31(41)37(32(42)38(28)33)25-13-7-10-23(35)18-25/h1,3-4,7-10,13-18,24,26-28H,2,5-6,11-12,19H2/t26-,27-,28-,33-/m1/s1. The van der Waals surface area contributed by atoms with Crippen molar-refractivity contribution in [3.8, 4) is 0 Å². The number of benzene rings is 3. The Morgan fingerprint density at radius 3 is 2.17 bits per heavy atom. The normalized spacial score (nSPS) is 27.7. The van der Waals surface area contributed by atoms with Gasteiger partial charge in [-0.15, -0.1) is 0 Å². The number of nitrogens with zero attached hydrogens (tertiary/aromatic N) is 3. The Morgan fingerprint density at radius 2 is 1.48 bits per heavy atom. The van der Waals surface area contributed by atoms with Gasteiger partial charge in [-0.25, -0.2) is 9.69 Å². The molecule has 3 aliphatic heterocycles. The van der Waals surface area contributed by atoms with Crippen molar-refractivity contribution in [2.45, 2.75) is 56.1 Å². The van der Waals surface area contributed by atoms with Crippen molar-refractivity contribution in [3.63, 3.8) is 0 Å². The first-order chi connectivity index (χ1) is 20.3. The van der Waals surface area contributed by atoms with Gasteiger partial charge in [-0.1, -0.05) is 91.0 Å². The molecule has 3 heterocycles. The van der Waals surface area contributed by atoms with Crippen LogP contribution in [-0.2, 0) is 20.8 Å². The van der Waals surface area contributed by atoms with Crippen LogP contribution in [0.15, 0.2) is 78.9 Å². The number of anilines is 1. The second-order valence-electron chi connectivity index (χ2n) is 11.7. The monoisotopic (exact) mass is 601 g/mol. The minimum absolute atomic E-state index is 0.0955. The lowest BCUT2D eigenvalue weighted by Crippen LogP contribution is -2.56. The summed E-state index contributed by atoms with van der Waals surface area (Å²) in [5, 5.41) is 0.880. The van der Waals surface area contributed by atoms with Crippen molar-refractivity contribution < 1.29 is 19.2 Å². The third kappa shape index (κ3) is 3.93. The second-order valence-corrected chi connectivity index (χ2v) is 12.6. The van der Waals surface area contributed by atoms with Gasteiger partial charge in [-0.2, -0.15) is 0 Å². The van der Waals surface area contributed by atoms with Gasteiger partial charge >= 0.3 is 6.03 Å². The quantitative estimate of drug-likeness (QED) is 0.249. The van der Waals surface area contributed by atoms with E-state index in [1.807, 2.05) is 30.3 Å². The van der Waals surface area contributed by atoms with Crippen LogP contribution in [0.2, 0.25) is 10.0 Å². The first-order valence-corrected chi connectivity index (χ1v) is 15.2. The van der Waals surface area contributed by atoms with Gasteiger partial charge in [0.1, 0.15) is 5.54 Å². The van der Waals surface area contributed by atoms with Crippen LogP contribution in [0.4, 0.5) is 10.5 Å². The molecule has 0 spiro atoms. The molecule has 3 aromatic rings. The Hall–Kier alpha value is -3.68.